The molecule has 0 atom stereocenters. The smallest absolute Gasteiger partial charge is 0.267 e. The van der Waals surface area contributed by atoms with Crippen molar-refractivity contribution < 1.29 is 4.74 Å². The summed E-state index contributed by atoms with van der Waals surface area (Å²) in [5, 5.41) is 3.32. The van der Waals surface area contributed by atoms with Crippen LogP contribution in [0.25, 0.3) is 16.0 Å². The van der Waals surface area contributed by atoms with Crippen LogP contribution in [-0.2, 0) is 6.61 Å². The maximum absolute atomic E-state index is 13.2. The van der Waals surface area contributed by atoms with Gasteiger partial charge in [0.2, 0.25) is 0 Å². The Bertz CT molecular complexity index is 1200. The second-order valence-corrected chi connectivity index (χ2v) is 8.47. The van der Waals surface area contributed by atoms with Crippen molar-refractivity contribution in [2.45, 2.75) is 6.61 Å². The van der Waals surface area contributed by atoms with E-state index in [1.54, 1.807) is 30.5 Å². The summed E-state index contributed by atoms with van der Waals surface area (Å²) in [5.74, 6) is 0.966. The number of ether oxygens (including phenoxy) is 1. The zero-order valence-corrected chi connectivity index (χ0v) is 18.3. The number of hydrogen-bond acceptors (Lipinski definition) is 5. The van der Waals surface area contributed by atoms with Crippen molar-refractivity contribution in [1.29, 1.82) is 0 Å². The summed E-state index contributed by atoms with van der Waals surface area (Å²) in [4.78, 5) is 22.1. The molecule has 0 aliphatic heterocycles. The van der Waals surface area contributed by atoms with Crippen molar-refractivity contribution in [2.75, 3.05) is 0 Å². The maximum atomic E-state index is 13.2. The molecule has 9 heteroatoms. The summed E-state index contributed by atoms with van der Waals surface area (Å²) >= 11 is 14.4. The van der Waals surface area contributed by atoms with Crippen LogP contribution in [0.5, 0.6) is 5.75 Å². The lowest BCUT2D eigenvalue weighted by Crippen LogP contribution is -2.25. The Hall–Kier alpha value is -1.74. The third-order valence-corrected chi connectivity index (χ3v) is 6.70. The normalized spacial score (nSPS) is 11.1. The quantitative estimate of drug-likeness (QED) is 0.347. The number of aromatic nitrogens is 3. The second-order valence-electron chi connectivity index (χ2n) is 5.49. The first-order valence-electron chi connectivity index (χ1n) is 7.72. The molecule has 0 saturated carbocycles. The molecule has 0 amide bonds. The van der Waals surface area contributed by atoms with E-state index in [0.717, 1.165) is 8.95 Å². The topological polar surface area (TPSA) is 57.0 Å². The van der Waals surface area contributed by atoms with Gasteiger partial charge in [0.1, 0.15) is 12.4 Å². The monoisotopic (exact) mass is 525 g/mol. The molecule has 27 heavy (non-hydrogen) atoms. The summed E-state index contributed by atoms with van der Waals surface area (Å²) in [6.07, 6.45) is 1.65. The molecule has 0 aliphatic rings. The molecule has 4 rings (SSSR count). The van der Waals surface area contributed by atoms with Gasteiger partial charge in [-0.25, -0.2) is 14.5 Å². The van der Waals surface area contributed by atoms with Crippen molar-refractivity contribution >= 4 is 65.7 Å². The minimum absolute atomic E-state index is 0.0716. The summed E-state index contributed by atoms with van der Waals surface area (Å²) in [6, 6.07) is 10.7. The molecule has 0 radical (unpaired) electrons. The van der Waals surface area contributed by atoms with Crippen LogP contribution in [0, 0.1) is 0 Å². The van der Waals surface area contributed by atoms with Crippen LogP contribution in [0.3, 0.4) is 0 Å². The highest BCUT2D eigenvalue weighted by molar-refractivity contribution is 9.13. The highest BCUT2D eigenvalue weighted by Crippen LogP contribution is 2.28. The number of nitrogens with zero attached hydrogens (tertiary/aromatic N) is 3. The lowest BCUT2D eigenvalue weighted by Gasteiger charge is -2.13. The van der Waals surface area contributed by atoms with E-state index in [2.05, 4.69) is 41.8 Å². The third-order valence-electron chi connectivity index (χ3n) is 3.78. The summed E-state index contributed by atoms with van der Waals surface area (Å²) in [6.45, 7) is 0.0716. The van der Waals surface area contributed by atoms with Gasteiger partial charge in [-0.15, -0.1) is 11.3 Å². The van der Waals surface area contributed by atoms with Gasteiger partial charge in [-0.3, -0.25) is 4.79 Å². The van der Waals surface area contributed by atoms with Crippen LogP contribution in [-0.4, -0.2) is 14.5 Å². The zero-order valence-electron chi connectivity index (χ0n) is 13.5. The fourth-order valence-electron chi connectivity index (χ4n) is 2.55. The molecule has 0 saturated heterocycles. The van der Waals surface area contributed by atoms with Crippen LogP contribution >= 0.6 is 54.8 Å². The van der Waals surface area contributed by atoms with E-state index in [-0.39, 0.29) is 12.2 Å². The van der Waals surface area contributed by atoms with Crippen LogP contribution in [0.4, 0.5) is 0 Å². The molecule has 5 nitrogen and oxygen atoms in total. The van der Waals surface area contributed by atoms with E-state index in [1.165, 1.54) is 15.9 Å². The summed E-state index contributed by atoms with van der Waals surface area (Å²) in [7, 11) is 0. The number of para-hydroxylation sites is 1. The van der Waals surface area contributed by atoms with E-state index in [0.29, 0.717) is 32.6 Å². The van der Waals surface area contributed by atoms with Gasteiger partial charge in [-0.1, -0.05) is 23.7 Å². The molecule has 0 fully saturated rings. The molecule has 2 heterocycles. The van der Waals surface area contributed by atoms with Gasteiger partial charge in [-0.2, -0.15) is 0 Å². The molecular formula is C18H10Br2ClN3O2S. The predicted octanol–water partition coefficient (Wildman–Crippen LogP) is 5.60. The minimum atomic E-state index is -0.207. The van der Waals surface area contributed by atoms with E-state index in [9.17, 15) is 4.79 Å². The van der Waals surface area contributed by atoms with Crippen molar-refractivity contribution in [3.8, 4) is 10.9 Å². The number of fused-ring (bicyclic) bond motifs is 1. The SMILES string of the molecule is O=c1c2cc(Br)c(Br)cc2nc(COc2ccccc2Cl)n1-c1nccs1. The number of halogens is 3. The van der Waals surface area contributed by atoms with E-state index in [1.807, 2.05) is 17.5 Å². The van der Waals surface area contributed by atoms with Gasteiger partial charge in [0.25, 0.3) is 5.56 Å². The number of thiazole rings is 1. The Kier molecular flexibility index (Phi) is 5.32. The van der Waals surface area contributed by atoms with Gasteiger partial charge >= 0.3 is 0 Å². The highest BCUT2D eigenvalue weighted by Gasteiger charge is 2.17. The molecule has 0 N–H and O–H groups in total. The van der Waals surface area contributed by atoms with E-state index < -0.39 is 0 Å². The van der Waals surface area contributed by atoms with Gasteiger partial charge in [0, 0.05) is 20.5 Å². The molecule has 0 bridgehead atoms. The standard InChI is InChI=1S/C18H10Br2ClN3O2S/c19-11-7-10-14(8-12(11)20)23-16(9-26-15-4-2-1-3-13(15)21)24(17(10)25)18-22-5-6-27-18/h1-8H,9H2. The van der Waals surface area contributed by atoms with Crippen LogP contribution in [0.15, 0.2) is 61.7 Å². The Balaban J connectivity index is 1.87. The first-order chi connectivity index (χ1) is 13.0. The highest BCUT2D eigenvalue weighted by atomic mass is 79.9. The molecule has 0 aliphatic carbocycles. The first kappa shape index (κ1) is 18.6. The van der Waals surface area contributed by atoms with Gasteiger partial charge in [-0.05, 0) is 56.1 Å². The van der Waals surface area contributed by atoms with Crippen LogP contribution in [0.1, 0.15) is 5.82 Å². The van der Waals surface area contributed by atoms with E-state index in [4.69, 9.17) is 16.3 Å². The van der Waals surface area contributed by atoms with Crippen LogP contribution in [0.2, 0.25) is 5.02 Å². The molecule has 0 spiro atoms. The van der Waals surface area contributed by atoms with Gasteiger partial charge < -0.3 is 4.74 Å². The Morgan fingerprint density at radius 3 is 2.70 bits per heavy atom. The summed E-state index contributed by atoms with van der Waals surface area (Å²) < 4.78 is 8.89. The molecule has 2 aromatic heterocycles. The molecule has 2 aromatic carbocycles. The molecule has 136 valence electrons. The average Bonchev–Trinajstić information content (AvgIpc) is 3.17. The van der Waals surface area contributed by atoms with Crippen molar-refractivity contribution in [3.63, 3.8) is 0 Å². The lowest BCUT2D eigenvalue weighted by molar-refractivity contribution is 0.292. The van der Waals surface area contributed by atoms with Crippen molar-refractivity contribution in [2.24, 2.45) is 0 Å². The van der Waals surface area contributed by atoms with Gasteiger partial charge in [0.05, 0.1) is 15.9 Å². The minimum Gasteiger partial charge on any atom is -0.484 e. The molecular weight excluding hydrogens is 518 g/mol. The predicted molar refractivity (Wildman–Crippen MR) is 114 cm³/mol. The molecule has 0 unspecified atom stereocenters. The third kappa shape index (κ3) is 3.67. The number of rotatable bonds is 4. The Morgan fingerprint density at radius 2 is 1.96 bits per heavy atom. The fourth-order valence-corrected chi connectivity index (χ4v) is 4.08. The van der Waals surface area contributed by atoms with Crippen molar-refractivity contribution in [3.05, 3.63) is 78.1 Å². The van der Waals surface area contributed by atoms with Crippen LogP contribution < -0.4 is 10.3 Å². The fraction of sp³-hybridized carbons (Fsp3) is 0.0556. The largest absolute Gasteiger partial charge is 0.484 e. The number of hydrogen-bond donors (Lipinski definition) is 0. The second kappa shape index (κ2) is 7.71. The summed E-state index contributed by atoms with van der Waals surface area (Å²) in [5.41, 5.74) is 0.363. The Morgan fingerprint density at radius 1 is 1.19 bits per heavy atom. The Labute approximate surface area is 179 Å². The first-order valence-corrected chi connectivity index (χ1v) is 10.6. The molecule has 4 aromatic rings. The maximum Gasteiger partial charge on any atom is 0.267 e. The number of benzene rings is 2. The zero-order chi connectivity index (χ0) is 19.0. The average molecular weight is 528 g/mol. The van der Waals surface area contributed by atoms with Gasteiger partial charge in [0.15, 0.2) is 11.0 Å². The van der Waals surface area contributed by atoms with Crippen molar-refractivity contribution in [1.82, 2.24) is 14.5 Å². The van der Waals surface area contributed by atoms with E-state index >= 15 is 0 Å². The lowest BCUT2D eigenvalue weighted by atomic mass is 10.2.